The molecule has 220 valence electrons. The third kappa shape index (κ3) is 6.39. The van der Waals surface area contributed by atoms with Crippen molar-refractivity contribution in [3.8, 4) is 0 Å². The van der Waals surface area contributed by atoms with Gasteiger partial charge in [-0.15, -0.1) is 0 Å². The van der Waals surface area contributed by atoms with Crippen LogP contribution in [-0.2, 0) is 11.8 Å². The third-order valence-corrected chi connectivity index (χ3v) is 6.22. The van der Waals surface area contributed by atoms with Crippen LogP contribution >= 0.6 is 27.5 Å². The summed E-state index contributed by atoms with van der Waals surface area (Å²) in [5.74, 6) is -3.59. The van der Waals surface area contributed by atoms with Crippen LogP contribution in [0.5, 0.6) is 0 Å². The molecule has 0 unspecified atom stereocenters. The fraction of sp³-hybridized carbons (Fsp3) is 0.174. The molecule has 0 spiro atoms. The van der Waals surface area contributed by atoms with Crippen LogP contribution in [0.1, 0.15) is 31.8 Å². The molecule has 2 aromatic carbocycles. The largest absolute Gasteiger partial charge is 0.435 e. The second-order valence-corrected chi connectivity index (χ2v) is 9.19. The van der Waals surface area contributed by atoms with Crippen LogP contribution in [0.25, 0.3) is 0 Å². The standard InChI is InChI=1S/C23H10BrClF11N3O2/c24-13-8-10(20(27,22(31,32)33)23(34,35)36)7-12(21(28,29)30)16(13)39-18(40)9-3-4-14(26)15(6-9)38-19(41)11-2-1-5-37-17(11)25/h1-8H,(H,38,41)(H,39,40). The minimum atomic E-state index is -6.71. The summed E-state index contributed by atoms with van der Waals surface area (Å²) < 4.78 is 148. The molecule has 0 fully saturated rings. The molecule has 1 aromatic heterocycles. The van der Waals surface area contributed by atoms with Gasteiger partial charge in [-0.1, -0.05) is 11.6 Å². The highest BCUT2D eigenvalue weighted by atomic mass is 79.9. The van der Waals surface area contributed by atoms with Gasteiger partial charge in [0.25, 0.3) is 11.8 Å². The summed E-state index contributed by atoms with van der Waals surface area (Å²) in [5, 5.41) is 3.43. The van der Waals surface area contributed by atoms with Crippen molar-refractivity contribution in [3.05, 3.63) is 86.4 Å². The van der Waals surface area contributed by atoms with Crippen LogP contribution in [0.3, 0.4) is 0 Å². The first-order chi connectivity index (χ1) is 18.7. The zero-order valence-electron chi connectivity index (χ0n) is 19.3. The Hall–Kier alpha value is -3.47. The summed E-state index contributed by atoms with van der Waals surface area (Å²) in [6, 6.07) is 3.61. The summed E-state index contributed by atoms with van der Waals surface area (Å²) >= 11 is 8.14. The number of anilines is 2. The highest BCUT2D eigenvalue weighted by Crippen LogP contribution is 2.55. The predicted octanol–water partition coefficient (Wildman–Crippen LogP) is 8.45. The van der Waals surface area contributed by atoms with Crippen LogP contribution in [-0.4, -0.2) is 29.2 Å². The van der Waals surface area contributed by atoms with Gasteiger partial charge in [-0.05, 0) is 58.4 Å². The van der Waals surface area contributed by atoms with Gasteiger partial charge in [0, 0.05) is 21.8 Å². The summed E-state index contributed by atoms with van der Waals surface area (Å²) in [6.45, 7) is 0. The molecule has 0 aliphatic rings. The van der Waals surface area contributed by atoms with Crippen molar-refractivity contribution in [2.75, 3.05) is 10.6 Å². The average molecular weight is 685 g/mol. The van der Waals surface area contributed by atoms with E-state index in [0.29, 0.717) is 12.1 Å². The molecule has 0 atom stereocenters. The Kier molecular flexibility index (Phi) is 8.66. The van der Waals surface area contributed by atoms with Gasteiger partial charge in [0.2, 0.25) is 0 Å². The number of halogens is 13. The number of pyridine rings is 1. The minimum Gasteiger partial charge on any atom is -0.320 e. The zero-order chi connectivity index (χ0) is 31.1. The lowest BCUT2D eigenvalue weighted by atomic mass is 9.92. The molecule has 5 nitrogen and oxygen atoms in total. The van der Waals surface area contributed by atoms with Crippen molar-refractivity contribution in [3.63, 3.8) is 0 Å². The highest BCUT2D eigenvalue weighted by Gasteiger charge is 2.73. The maximum atomic E-state index is 14.5. The van der Waals surface area contributed by atoms with Gasteiger partial charge in [0.1, 0.15) is 11.0 Å². The Labute approximate surface area is 234 Å². The smallest absolute Gasteiger partial charge is 0.320 e. The van der Waals surface area contributed by atoms with Gasteiger partial charge < -0.3 is 10.6 Å². The van der Waals surface area contributed by atoms with Gasteiger partial charge >= 0.3 is 24.2 Å². The first kappa shape index (κ1) is 32.0. The Morgan fingerprint density at radius 1 is 0.829 bits per heavy atom. The van der Waals surface area contributed by atoms with E-state index < -0.39 is 80.4 Å². The number of rotatable bonds is 5. The maximum Gasteiger partial charge on any atom is 0.435 e. The highest BCUT2D eigenvalue weighted by molar-refractivity contribution is 9.10. The number of aromatic nitrogens is 1. The minimum absolute atomic E-state index is 0.219. The summed E-state index contributed by atoms with van der Waals surface area (Å²) in [6.07, 6.45) is -17.9. The average Bonchev–Trinajstić information content (AvgIpc) is 2.83. The lowest BCUT2D eigenvalue weighted by molar-refractivity contribution is -0.348. The molecular formula is C23H10BrClF11N3O2. The van der Waals surface area contributed by atoms with Crippen LogP contribution < -0.4 is 10.6 Å². The van der Waals surface area contributed by atoms with Crippen LogP contribution in [0, 0.1) is 5.82 Å². The van der Waals surface area contributed by atoms with Crippen molar-refractivity contribution in [1.29, 1.82) is 0 Å². The quantitative estimate of drug-likeness (QED) is 0.209. The molecular weight excluding hydrogens is 675 g/mol. The monoisotopic (exact) mass is 683 g/mol. The van der Waals surface area contributed by atoms with Gasteiger partial charge in [0.05, 0.1) is 22.5 Å². The second-order valence-electron chi connectivity index (χ2n) is 7.98. The molecule has 0 aliphatic carbocycles. The lowest BCUT2D eigenvalue weighted by Gasteiger charge is -2.31. The number of benzene rings is 2. The van der Waals surface area contributed by atoms with Crippen molar-refractivity contribution in [2.24, 2.45) is 0 Å². The number of hydrogen-bond donors (Lipinski definition) is 2. The molecule has 0 aliphatic heterocycles. The summed E-state index contributed by atoms with van der Waals surface area (Å²) in [4.78, 5) is 28.8. The van der Waals surface area contributed by atoms with Gasteiger partial charge in [-0.3, -0.25) is 9.59 Å². The third-order valence-electron chi connectivity index (χ3n) is 5.29. The van der Waals surface area contributed by atoms with Crippen molar-refractivity contribution < 1.29 is 57.9 Å². The van der Waals surface area contributed by atoms with E-state index in [2.05, 4.69) is 26.2 Å². The van der Waals surface area contributed by atoms with Crippen molar-refractivity contribution in [1.82, 2.24) is 4.98 Å². The van der Waals surface area contributed by atoms with E-state index in [-0.39, 0.29) is 16.8 Å². The summed E-state index contributed by atoms with van der Waals surface area (Å²) in [7, 11) is 0. The van der Waals surface area contributed by atoms with E-state index in [1.807, 2.05) is 0 Å². The fourth-order valence-electron chi connectivity index (χ4n) is 3.34. The first-order valence-electron chi connectivity index (χ1n) is 10.4. The molecule has 18 heteroatoms. The molecule has 2 N–H and O–H groups in total. The second kappa shape index (κ2) is 11.1. The fourth-order valence-corrected chi connectivity index (χ4v) is 4.10. The molecule has 3 aromatic rings. The number of carbonyl (C=O) groups excluding carboxylic acids is 2. The van der Waals surface area contributed by atoms with E-state index in [4.69, 9.17) is 11.6 Å². The molecule has 0 saturated carbocycles. The van der Waals surface area contributed by atoms with Crippen molar-refractivity contribution in [2.45, 2.75) is 24.2 Å². The maximum absolute atomic E-state index is 14.5. The van der Waals surface area contributed by atoms with Crippen LogP contribution in [0.2, 0.25) is 5.15 Å². The SMILES string of the molecule is O=C(Nc1c(Br)cc(C(F)(C(F)(F)F)C(F)(F)F)cc1C(F)(F)F)c1ccc(F)c(NC(=O)c2cccnc2Cl)c1. The Bertz CT molecular complexity index is 1490. The zero-order valence-corrected chi connectivity index (χ0v) is 21.6. The molecule has 0 saturated heterocycles. The topological polar surface area (TPSA) is 71.1 Å². The normalized spacial score (nSPS) is 12.7. The van der Waals surface area contributed by atoms with Gasteiger partial charge in [-0.25, -0.2) is 13.8 Å². The molecule has 41 heavy (non-hydrogen) atoms. The Morgan fingerprint density at radius 2 is 1.44 bits per heavy atom. The molecule has 2 amide bonds. The number of nitrogens with one attached hydrogen (secondary N) is 2. The number of nitrogens with zero attached hydrogens (tertiary/aromatic N) is 1. The van der Waals surface area contributed by atoms with Crippen molar-refractivity contribution >= 4 is 50.7 Å². The van der Waals surface area contributed by atoms with E-state index in [1.165, 1.54) is 18.3 Å². The number of amides is 2. The Balaban J connectivity index is 2.04. The molecule has 0 bridgehead atoms. The van der Waals surface area contributed by atoms with Crippen LogP contribution in [0.4, 0.5) is 59.7 Å². The first-order valence-corrected chi connectivity index (χ1v) is 11.6. The number of hydrogen-bond acceptors (Lipinski definition) is 3. The number of carbonyl (C=O) groups is 2. The molecule has 1 heterocycles. The van der Waals surface area contributed by atoms with E-state index in [0.717, 1.165) is 6.07 Å². The van der Waals surface area contributed by atoms with Crippen LogP contribution in [0.15, 0.2) is 53.1 Å². The van der Waals surface area contributed by atoms with E-state index >= 15 is 0 Å². The number of alkyl halides is 10. The van der Waals surface area contributed by atoms with Gasteiger partial charge in [-0.2, -0.15) is 39.5 Å². The lowest BCUT2D eigenvalue weighted by Crippen LogP contribution is -2.50. The van der Waals surface area contributed by atoms with E-state index in [1.54, 1.807) is 5.32 Å². The molecule has 0 radical (unpaired) electrons. The summed E-state index contributed by atoms with van der Waals surface area (Å²) in [5.41, 5.74) is -13.8. The van der Waals surface area contributed by atoms with Gasteiger partial charge in [0.15, 0.2) is 0 Å². The predicted molar refractivity (Wildman–Crippen MR) is 126 cm³/mol. The van der Waals surface area contributed by atoms with E-state index in [9.17, 15) is 57.9 Å². The Morgan fingerprint density at radius 3 is 1.98 bits per heavy atom. The molecule has 3 rings (SSSR count).